The standard InChI is InChI=1S/C25H23BrO3/c1-3-28-25-16-19(8-14-23(27)21-10-4-18(2)5-11-21)9-15-24(25)29-17-20-6-12-22(26)13-7-20/h4-16H,3,17H2,1-2H3/b14-8+. The Hall–Kier alpha value is -2.85. The Morgan fingerprint density at radius 2 is 1.66 bits per heavy atom. The Balaban J connectivity index is 1.71. The van der Waals surface area contributed by atoms with E-state index in [1.165, 1.54) is 0 Å². The first-order valence-electron chi connectivity index (χ1n) is 9.48. The Morgan fingerprint density at radius 1 is 0.931 bits per heavy atom. The predicted octanol–water partition coefficient (Wildman–Crippen LogP) is 6.63. The molecule has 148 valence electrons. The third-order valence-electron chi connectivity index (χ3n) is 4.34. The van der Waals surface area contributed by atoms with Crippen LogP contribution in [0.2, 0.25) is 0 Å². The number of carbonyl (C=O) groups is 1. The summed E-state index contributed by atoms with van der Waals surface area (Å²) in [6, 6.07) is 21.2. The third kappa shape index (κ3) is 6.06. The number of aryl methyl sites for hydroxylation is 1. The van der Waals surface area contributed by atoms with Gasteiger partial charge >= 0.3 is 0 Å². The molecule has 0 N–H and O–H groups in total. The number of carbonyl (C=O) groups excluding carboxylic acids is 1. The Kier molecular flexibility index (Phi) is 7.25. The van der Waals surface area contributed by atoms with Crippen LogP contribution in [0.4, 0.5) is 0 Å². The van der Waals surface area contributed by atoms with E-state index in [4.69, 9.17) is 9.47 Å². The second kappa shape index (κ2) is 10.1. The summed E-state index contributed by atoms with van der Waals surface area (Å²) >= 11 is 3.43. The summed E-state index contributed by atoms with van der Waals surface area (Å²) in [5.41, 5.74) is 3.75. The van der Waals surface area contributed by atoms with Crippen LogP contribution in [0.1, 0.15) is 34.0 Å². The van der Waals surface area contributed by atoms with Gasteiger partial charge in [0.1, 0.15) is 6.61 Å². The maximum Gasteiger partial charge on any atom is 0.185 e. The van der Waals surface area contributed by atoms with Gasteiger partial charge < -0.3 is 9.47 Å². The highest BCUT2D eigenvalue weighted by Crippen LogP contribution is 2.30. The van der Waals surface area contributed by atoms with E-state index in [-0.39, 0.29) is 5.78 Å². The molecule has 0 fully saturated rings. The molecule has 4 heteroatoms. The summed E-state index contributed by atoms with van der Waals surface area (Å²) in [7, 11) is 0. The van der Waals surface area contributed by atoms with E-state index in [1.54, 1.807) is 12.2 Å². The fraction of sp³-hybridized carbons (Fsp3) is 0.160. The third-order valence-corrected chi connectivity index (χ3v) is 4.87. The quantitative estimate of drug-likeness (QED) is 0.285. The van der Waals surface area contributed by atoms with E-state index in [0.717, 1.165) is 21.2 Å². The number of hydrogen-bond donors (Lipinski definition) is 0. The van der Waals surface area contributed by atoms with E-state index in [0.29, 0.717) is 30.3 Å². The molecule has 0 aliphatic carbocycles. The van der Waals surface area contributed by atoms with Crippen LogP contribution in [0.15, 0.2) is 77.3 Å². The van der Waals surface area contributed by atoms with Crippen LogP contribution in [0.5, 0.6) is 11.5 Å². The van der Waals surface area contributed by atoms with Crippen LogP contribution in [-0.4, -0.2) is 12.4 Å². The minimum atomic E-state index is -0.0291. The molecule has 0 aliphatic rings. The summed E-state index contributed by atoms with van der Waals surface area (Å²) in [4.78, 5) is 12.3. The van der Waals surface area contributed by atoms with Gasteiger partial charge in [-0.1, -0.05) is 70.0 Å². The number of ketones is 1. The molecule has 3 aromatic carbocycles. The molecule has 3 nitrogen and oxygen atoms in total. The molecule has 0 radical (unpaired) electrons. The van der Waals surface area contributed by atoms with Crippen LogP contribution in [-0.2, 0) is 6.61 Å². The zero-order valence-electron chi connectivity index (χ0n) is 16.5. The zero-order chi connectivity index (χ0) is 20.6. The molecule has 0 aliphatic heterocycles. The van der Waals surface area contributed by atoms with Gasteiger partial charge in [0.05, 0.1) is 6.61 Å². The first kappa shape index (κ1) is 20.9. The van der Waals surface area contributed by atoms with Gasteiger partial charge in [0, 0.05) is 10.0 Å². The monoisotopic (exact) mass is 450 g/mol. The van der Waals surface area contributed by atoms with Crippen molar-refractivity contribution in [2.45, 2.75) is 20.5 Å². The first-order chi connectivity index (χ1) is 14.0. The van der Waals surface area contributed by atoms with Crippen LogP contribution in [0, 0.1) is 6.92 Å². The van der Waals surface area contributed by atoms with Crippen molar-refractivity contribution in [2.75, 3.05) is 6.61 Å². The number of hydrogen-bond acceptors (Lipinski definition) is 3. The highest BCUT2D eigenvalue weighted by atomic mass is 79.9. The van der Waals surface area contributed by atoms with Gasteiger partial charge in [0.15, 0.2) is 17.3 Å². The minimum Gasteiger partial charge on any atom is -0.490 e. The van der Waals surface area contributed by atoms with E-state index >= 15 is 0 Å². The molecule has 0 atom stereocenters. The van der Waals surface area contributed by atoms with Crippen molar-refractivity contribution in [1.82, 2.24) is 0 Å². The predicted molar refractivity (Wildman–Crippen MR) is 121 cm³/mol. The molecule has 0 saturated heterocycles. The lowest BCUT2D eigenvalue weighted by atomic mass is 10.1. The minimum absolute atomic E-state index is 0.0291. The summed E-state index contributed by atoms with van der Waals surface area (Å²) in [6.07, 6.45) is 3.38. The number of ether oxygens (including phenoxy) is 2. The number of benzene rings is 3. The number of halogens is 1. The normalized spacial score (nSPS) is 10.9. The van der Waals surface area contributed by atoms with E-state index in [2.05, 4.69) is 15.9 Å². The molecular weight excluding hydrogens is 428 g/mol. The molecule has 3 rings (SSSR count). The highest BCUT2D eigenvalue weighted by Gasteiger charge is 2.07. The lowest BCUT2D eigenvalue weighted by Gasteiger charge is -2.13. The van der Waals surface area contributed by atoms with Crippen molar-refractivity contribution >= 4 is 27.8 Å². The molecule has 0 saturated carbocycles. The Morgan fingerprint density at radius 3 is 2.34 bits per heavy atom. The van der Waals surface area contributed by atoms with Crippen LogP contribution in [0.3, 0.4) is 0 Å². The van der Waals surface area contributed by atoms with Crippen molar-refractivity contribution in [3.05, 3.63) is 99.5 Å². The topological polar surface area (TPSA) is 35.5 Å². The Bertz CT molecular complexity index is 990. The van der Waals surface area contributed by atoms with E-state index in [9.17, 15) is 4.79 Å². The van der Waals surface area contributed by atoms with Crippen molar-refractivity contribution in [1.29, 1.82) is 0 Å². The number of rotatable bonds is 8. The zero-order valence-corrected chi connectivity index (χ0v) is 18.1. The average molecular weight is 451 g/mol. The van der Waals surface area contributed by atoms with Gasteiger partial charge in [-0.2, -0.15) is 0 Å². The summed E-state index contributed by atoms with van der Waals surface area (Å²) in [5, 5.41) is 0. The summed E-state index contributed by atoms with van der Waals surface area (Å²) < 4.78 is 12.7. The molecule has 0 unspecified atom stereocenters. The van der Waals surface area contributed by atoms with Crippen molar-refractivity contribution in [2.24, 2.45) is 0 Å². The van der Waals surface area contributed by atoms with E-state index in [1.807, 2.05) is 80.6 Å². The highest BCUT2D eigenvalue weighted by molar-refractivity contribution is 9.10. The van der Waals surface area contributed by atoms with Crippen molar-refractivity contribution < 1.29 is 14.3 Å². The lowest BCUT2D eigenvalue weighted by Crippen LogP contribution is -2.00. The average Bonchev–Trinajstić information content (AvgIpc) is 2.73. The van der Waals surface area contributed by atoms with Crippen LogP contribution >= 0.6 is 15.9 Å². The van der Waals surface area contributed by atoms with Gasteiger partial charge in [-0.25, -0.2) is 0 Å². The SMILES string of the molecule is CCOc1cc(/C=C/C(=O)c2ccc(C)cc2)ccc1OCc1ccc(Br)cc1. The summed E-state index contributed by atoms with van der Waals surface area (Å²) in [6.45, 7) is 4.92. The van der Waals surface area contributed by atoms with Crippen LogP contribution in [0.25, 0.3) is 6.08 Å². The number of allylic oxidation sites excluding steroid dienone is 1. The molecule has 0 spiro atoms. The smallest absolute Gasteiger partial charge is 0.185 e. The van der Waals surface area contributed by atoms with Crippen molar-refractivity contribution in [3.8, 4) is 11.5 Å². The molecule has 3 aromatic rings. The summed E-state index contributed by atoms with van der Waals surface area (Å²) in [5.74, 6) is 1.31. The second-order valence-electron chi connectivity index (χ2n) is 6.62. The Labute approximate surface area is 180 Å². The maximum absolute atomic E-state index is 12.3. The van der Waals surface area contributed by atoms with Crippen molar-refractivity contribution in [3.63, 3.8) is 0 Å². The fourth-order valence-corrected chi connectivity index (χ4v) is 3.01. The second-order valence-corrected chi connectivity index (χ2v) is 7.53. The molecule has 0 aromatic heterocycles. The van der Waals surface area contributed by atoms with Gasteiger partial charge in [0.25, 0.3) is 0 Å². The first-order valence-corrected chi connectivity index (χ1v) is 10.3. The molecule has 29 heavy (non-hydrogen) atoms. The van der Waals surface area contributed by atoms with Gasteiger partial charge in [-0.15, -0.1) is 0 Å². The van der Waals surface area contributed by atoms with Gasteiger partial charge in [0.2, 0.25) is 0 Å². The van der Waals surface area contributed by atoms with Crippen LogP contribution < -0.4 is 9.47 Å². The fourth-order valence-electron chi connectivity index (χ4n) is 2.74. The van der Waals surface area contributed by atoms with Gasteiger partial charge in [-0.3, -0.25) is 4.79 Å². The molecule has 0 amide bonds. The van der Waals surface area contributed by atoms with E-state index < -0.39 is 0 Å². The maximum atomic E-state index is 12.3. The molecule has 0 heterocycles. The molecular formula is C25H23BrO3. The molecule has 0 bridgehead atoms. The lowest BCUT2D eigenvalue weighted by molar-refractivity contribution is 0.104. The largest absolute Gasteiger partial charge is 0.490 e. The van der Waals surface area contributed by atoms with Gasteiger partial charge in [-0.05, 0) is 55.3 Å².